The molecule has 1 aromatic carbocycles. The van der Waals surface area contributed by atoms with E-state index in [4.69, 9.17) is 11.9 Å². The molecular formula is C6H6ClNaO. The average molecular weight is 153 g/mol. The van der Waals surface area contributed by atoms with Gasteiger partial charge in [0, 0.05) is 0 Å². The van der Waals surface area contributed by atoms with E-state index in [0.29, 0.717) is 5.75 Å². The monoisotopic (exact) mass is 152 g/mol. The Hall–Kier alpha value is 0.310. The van der Waals surface area contributed by atoms with Gasteiger partial charge in [-0.05, 0) is 12.1 Å². The van der Waals surface area contributed by atoms with Crippen molar-refractivity contribution in [2.75, 3.05) is 0 Å². The summed E-state index contributed by atoms with van der Waals surface area (Å²) in [5, 5.41) is 0. The third-order valence-corrected chi connectivity index (χ3v) is 1.01. The van der Waals surface area contributed by atoms with Gasteiger partial charge in [0.2, 0.25) is 0 Å². The van der Waals surface area contributed by atoms with Crippen molar-refractivity contribution in [2.24, 2.45) is 0 Å². The average Bonchev–Trinajstić information content (AvgIpc) is 1.90. The molecule has 0 radical (unpaired) electrons. The van der Waals surface area contributed by atoms with Gasteiger partial charge in [0.25, 0.3) is 0 Å². The third-order valence-electron chi connectivity index (χ3n) is 0.832. The van der Waals surface area contributed by atoms with E-state index in [0.717, 1.165) is 0 Å². The summed E-state index contributed by atoms with van der Waals surface area (Å²) in [4.78, 5) is 0. The number of rotatable bonds is 1. The Labute approximate surface area is 81.4 Å². The van der Waals surface area contributed by atoms with Crippen LogP contribution in [0.15, 0.2) is 30.3 Å². The van der Waals surface area contributed by atoms with Crippen LogP contribution in [-0.4, -0.2) is 29.6 Å². The summed E-state index contributed by atoms with van der Waals surface area (Å²) >= 11 is 5.03. The summed E-state index contributed by atoms with van der Waals surface area (Å²) in [7, 11) is 0. The summed E-state index contributed by atoms with van der Waals surface area (Å²) in [5.74, 6) is 0.675. The molecule has 0 amide bonds. The van der Waals surface area contributed by atoms with E-state index >= 15 is 0 Å². The van der Waals surface area contributed by atoms with Gasteiger partial charge in [-0.15, -0.1) is 0 Å². The van der Waals surface area contributed by atoms with Gasteiger partial charge >= 0.3 is 29.6 Å². The first-order chi connectivity index (χ1) is 3.93. The van der Waals surface area contributed by atoms with Crippen molar-refractivity contribution < 1.29 is 4.29 Å². The Kier molecular flexibility index (Phi) is 5.30. The molecule has 0 saturated heterocycles. The van der Waals surface area contributed by atoms with Crippen molar-refractivity contribution >= 4 is 41.4 Å². The zero-order valence-corrected chi connectivity index (χ0v) is 4.93. The van der Waals surface area contributed by atoms with Gasteiger partial charge in [0.15, 0.2) is 0 Å². The van der Waals surface area contributed by atoms with E-state index in [-0.39, 0.29) is 29.6 Å². The maximum atomic E-state index is 5.03. The molecule has 44 valence electrons. The van der Waals surface area contributed by atoms with Crippen LogP contribution in [0.25, 0.3) is 0 Å². The fourth-order valence-corrected chi connectivity index (χ4v) is 0.575. The molecule has 1 rings (SSSR count). The van der Waals surface area contributed by atoms with Crippen LogP contribution in [0.3, 0.4) is 0 Å². The number of halogens is 1. The molecule has 1 nitrogen and oxygen atoms in total. The fraction of sp³-hybridized carbons (Fsp3) is 0. The van der Waals surface area contributed by atoms with E-state index in [2.05, 4.69) is 4.29 Å². The predicted octanol–water partition coefficient (Wildman–Crippen LogP) is 1.57. The summed E-state index contributed by atoms with van der Waals surface area (Å²) in [5.41, 5.74) is 0. The molecule has 0 aromatic heterocycles. The van der Waals surface area contributed by atoms with Gasteiger partial charge in [-0.3, -0.25) is 0 Å². The van der Waals surface area contributed by atoms with Crippen molar-refractivity contribution in [1.29, 1.82) is 0 Å². The first-order valence-corrected chi connectivity index (χ1v) is 2.58. The van der Waals surface area contributed by atoms with E-state index in [1.807, 2.05) is 18.2 Å². The Morgan fingerprint density at radius 1 is 1.11 bits per heavy atom. The third kappa shape index (κ3) is 3.11. The van der Waals surface area contributed by atoms with Gasteiger partial charge in [-0.25, -0.2) is 0 Å². The minimum atomic E-state index is 0. The second-order valence-electron chi connectivity index (χ2n) is 1.39. The molecule has 0 unspecified atom stereocenters. The van der Waals surface area contributed by atoms with E-state index in [1.165, 1.54) is 0 Å². The molecule has 0 bridgehead atoms. The predicted molar refractivity (Wildman–Crippen MR) is 40.1 cm³/mol. The molecule has 0 aliphatic rings. The van der Waals surface area contributed by atoms with Gasteiger partial charge in [0.05, 0.1) is 0 Å². The van der Waals surface area contributed by atoms with Crippen LogP contribution in [0.2, 0.25) is 0 Å². The summed E-state index contributed by atoms with van der Waals surface area (Å²) in [6.45, 7) is 0. The van der Waals surface area contributed by atoms with Gasteiger partial charge in [-0.1, -0.05) is 18.2 Å². The molecule has 9 heavy (non-hydrogen) atoms. The maximum absolute atomic E-state index is 5.03. The standard InChI is InChI=1S/C6H5ClO.Na.H/c7-8-6-4-2-1-3-5-6;;/h1-5H;;. The van der Waals surface area contributed by atoms with Crippen molar-refractivity contribution in [3.05, 3.63) is 30.3 Å². The number of hydrogen-bond donors (Lipinski definition) is 0. The number of para-hydroxylation sites is 1. The second kappa shape index (κ2) is 5.12. The molecule has 0 aliphatic carbocycles. The normalized spacial score (nSPS) is 7.67. The van der Waals surface area contributed by atoms with Crippen LogP contribution in [0, 0.1) is 0 Å². The summed E-state index contributed by atoms with van der Waals surface area (Å²) < 4.78 is 4.39. The zero-order valence-electron chi connectivity index (χ0n) is 4.17. The molecular weight excluding hydrogens is 147 g/mol. The molecule has 0 fully saturated rings. The van der Waals surface area contributed by atoms with Gasteiger partial charge in [-0.2, -0.15) is 0 Å². The quantitative estimate of drug-likeness (QED) is 0.555. The number of benzene rings is 1. The van der Waals surface area contributed by atoms with Crippen LogP contribution in [0.4, 0.5) is 0 Å². The van der Waals surface area contributed by atoms with Gasteiger partial charge < -0.3 is 4.29 Å². The van der Waals surface area contributed by atoms with E-state index < -0.39 is 0 Å². The Morgan fingerprint density at radius 2 is 1.67 bits per heavy atom. The van der Waals surface area contributed by atoms with Crippen LogP contribution in [0.5, 0.6) is 5.75 Å². The number of hydrogen-bond acceptors (Lipinski definition) is 1. The Morgan fingerprint density at radius 3 is 2.00 bits per heavy atom. The first kappa shape index (κ1) is 9.31. The molecule has 1 aromatic rings. The summed E-state index contributed by atoms with van der Waals surface area (Å²) in [6.07, 6.45) is 0. The topological polar surface area (TPSA) is 9.23 Å². The van der Waals surface area contributed by atoms with Crippen molar-refractivity contribution in [2.45, 2.75) is 0 Å². The van der Waals surface area contributed by atoms with E-state index in [1.54, 1.807) is 12.1 Å². The van der Waals surface area contributed by atoms with Crippen molar-refractivity contribution in [1.82, 2.24) is 0 Å². The molecule has 0 N–H and O–H groups in total. The molecule has 0 heterocycles. The Balaban J connectivity index is 0.000000640. The fourth-order valence-electron chi connectivity index (χ4n) is 0.472. The first-order valence-electron chi connectivity index (χ1n) is 2.27. The molecule has 3 heteroatoms. The van der Waals surface area contributed by atoms with Crippen molar-refractivity contribution in [3.8, 4) is 5.75 Å². The van der Waals surface area contributed by atoms with Crippen LogP contribution in [-0.2, 0) is 0 Å². The van der Waals surface area contributed by atoms with E-state index in [9.17, 15) is 0 Å². The zero-order chi connectivity index (χ0) is 5.82. The van der Waals surface area contributed by atoms with Gasteiger partial charge in [0.1, 0.15) is 17.6 Å². The second-order valence-corrected chi connectivity index (χ2v) is 1.54. The molecule has 0 saturated carbocycles. The van der Waals surface area contributed by atoms with Crippen LogP contribution >= 0.6 is 11.9 Å². The van der Waals surface area contributed by atoms with Crippen molar-refractivity contribution in [3.63, 3.8) is 0 Å². The minimum absolute atomic E-state index is 0. The Bertz CT molecular complexity index is 154. The van der Waals surface area contributed by atoms with Crippen LogP contribution < -0.4 is 4.29 Å². The molecule has 0 aliphatic heterocycles. The van der Waals surface area contributed by atoms with Crippen LogP contribution in [0.1, 0.15) is 0 Å². The molecule has 0 spiro atoms. The SMILES string of the molecule is ClOc1ccccc1.[NaH]. The molecule has 0 atom stereocenters. The summed E-state index contributed by atoms with van der Waals surface area (Å²) in [6, 6.07) is 9.19.